The Kier molecular flexibility index (Phi) is 6.64. The lowest BCUT2D eigenvalue weighted by atomic mass is 10.2. The lowest BCUT2D eigenvalue weighted by Gasteiger charge is -2.27. The molecule has 14 heteroatoms. The number of nitro benzene ring substituents is 1. The van der Waals surface area contributed by atoms with Crippen LogP contribution in [0, 0.1) is 10.1 Å². The Bertz CT molecular complexity index is 1190. The van der Waals surface area contributed by atoms with Crippen LogP contribution >= 0.6 is 11.3 Å². The maximum atomic E-state index is 12.9. The van der Waals surface area contributed by atoms with E-state index in [0.29, 0.717) is 6.42 Å². The van der Waals surface area contributed by atoms with E-state index in [1.54, 1.807) is 6.07 Å². The number of hydrogen-bond donors (Lipinski definition) is 1. The largest absolute Gasteiger partial charge is 0.477 e. The van der Waals surface area contributed by atoms with E-state index in [0.717, 1.165) is 23.1 Å². The number of rotatable bonds is 8. The Morgan fingerprint density at radius 3 is 2.65 bits per heavy atom. The summed E-state index contributed by atoms with van der Waals surface area (Å²) in [6.45, 7) is -0.399. The number of sulfonamides is 1. The molecule has 1 aliphatic rings. The molecule has 2 N–H and O–H groups in total. The zero-order chi connectivity index (χ0) is 22.8. The molecule has 1 amide bonds. The number of carbonyl (C=O) groups excluding carboxylic acids is 1. The second kappa shape index (κ2) is 8.90. The van der Waals surface area contributed by atoms with Crippen molar-refractivity contribution in [2.75, 3.05) is 18.1 Å². The Balaban J connectivity index is 1.80. The fourth-order valence-corrected chi connectivity index (χ4v) is 6.14. The maximum Gasteiger partial charge on any atom is 0.312 e. The summed E-state index contributed by atoms with van der Waals surface area (Å²) in [5.41, 5.74) is -0.660. The first kappa shape index (κ1) is 23.1. The average molecular weight is 490 g/mol. The third-order valence-corrected chi connectivity index (χ3v) is 8.21. The predicted octanol–water partition coefficient (Wildman–Crippen LogP) is 0.898. The van der Waals surface area contributed by atoms with Crippen molar-refractivity contribution >= 4 is 42.8 Å². The topological polar surface area (TPSA) is 167 Å². The fraction of sp³-hybridized carbons (Fsp3) is 0.353. The van der Waals surface area contributed by atoms with Gasteiger partial charge in [0.25, 0.3) is 5.91 Å². The molecule has 0 aliphatic carbocycles. The number of hydrogen-bond acceptors (Lipinski definition) is 9. The summed E-state index contributed by atoms with van der Waals surface area (Å²) in [6.07, 6.45) is 0.294. The Hall–Kier alpha value is -2.55. The zero-order valence-corrected chi connectivity index (χ0v) is 18.5. The third-order valence-electron chi connectivity index (χ3n) is 4.68. The van der Waals surface area contributed by atoms with Crippen molar-refractivity contribution in [3.63, 3.8) is 0 Å². The highest BCUT2D eigenvalue weighted by Gasteiger charge is 2.35. The van der Waals surface area contributed by atoms with E-state index >= 15 is 0 Å². The number of benzene rings is 1. The number of thiophene rings is 1. The van der Waals surface area contributed by atoms with E-state index < -0.39 is 53.9 Å². The summed E-state index contributed by atoms with van der Waals surface area (Å²) in [7, 11) is -7.41. The number of amides is 1. The third kappa shape index (κ3) is 5.78. The first-order chi connectivity index (χ1) is 14.5. The molecule has 0 saturated carbocycles. The van der Waals surface area contributed by atoms with Crippen molar-refractivity contribution in [1.82, 2.24) is 4.90 Å². The molecular weight excluding hydrogens is 470 g/mol. The van der Waals surface area contributed by atoms with Gasteiger partial charge < -0.3 is 9.64 Å². The monoisotopic (exact) mass is 489 g/mol. The molecule has 1 fully saturated rings. The van der Waals surface area contributed by atoms with Gasteiger partial charge in [0, 0.05) is 17.0 Å². The van der Waals surface area contributed by atoms with Gasteiger partial charge in [0.2, 0.25) is 10.0 Å². The number of ether oxygens (including phenoxy) is 1. The minimum absolute atomic E-state index is 0.0206. The van der Waals surface area contributed by atoms with Crippen molar-refractivity contribution in [3.05, 3.63) is 50.7 Å². The molecular formula is C17H19N3O8S3. The lowest BCUT2D eigenvalue weighted by Crippen LogP contribution is -2.42. The predicted molar refractivity (Wildman–Crippen MR) is 112 cm³/mol. The summed E-state index contributed by atoms with van der Waals surface area (Å²) in [5.74, 6) is -1.03. The van der Waals surface area contributed by atoms with Gasteiger partial charge in [-0.2, -0.15) is 0 Å². The summed E-state index contributed by atoms with van der Waals surface area (Å²) in [6, 6.07) is 5.93. The highest BCUT2D eigenvalue weighted by atomic mass is 32.2. The van der Waals surface area contributed by atoms with Gasteiger partial charge in [-0.1, -0.05) is 6.07 Å². The number of sulfone groups is 1. The van der Waals surface area contributed by atoms with E-state index in [4.69, 9.17) is 9.88 Å². The van der Waals surface area contributed by atoms with Crippen molar-refractivity contribution in [1.29, 1.82) is 0 Å². The Labute approximate surface area is 182 Å². The molecule has 1 saturated heterocycles. The van der Waals surface area contributed by atoms with Crippen LogP contribution in [-0.4, -0.2) is 56.7 Å². The van der Waals surface area contributed by atoms with Gasteiger partial charge in [0.15, 0.2) is 22.2 Å². The number of carbonyl (C=O) groups is 1. The highest BCUT2D eigenvalue weighted by molar-refractivity contribution is 7.91. The molecule has 2 heterocycles. The number of primary sulfonamides is 1. The summed E-state index contributed by atoms with van der Waals surface area (Å²) in [4.78, 5) is 25.1. The Morgan fingerprint density at radius 2 is 2.10 bits per heavy atom. The summed E-state index contributed by atoms with van der Waals surface area (Å²) >= 11 is 1.41. The van der Waals surface area contributed by atoms with E-state index in [-0.39, 0.29) is 23.8 Å². The molecule has 1 aromatic heterocycles. The van der Waals surface area contributed by atoms with E-state index in [1.165, 1.54) is 16.2 Å². The van der Waals surface area contributed by atoms with Gasteiger partial charge in [-0.25, -0.2) is 22.0 Å². The number of nitrogens with two attached hydrogens (primary N) is 1. The van der Waals surface area contributed by atoms with Crippen LogP contribution < -0.4 is 9.88 Å². The van der Waals surface area contributed by atoms with Crippen LogP contribution in [0.3, 0.4) is 0 Å². The zero-order valence-electron chi connectivity index (χ0n) is 16.0. The molecule has 1 aliphatic heterocycles. The smallest absolute Gasteiger partial charge is 0.312 e. The van der Waals surface area contributed by atoms with Crippen LogP contribution in [0.5, 0.6) is 5.75 Å². The molecule has 1 aromatic carbocycles. The van der Waals surface area contributed by atoms with Gasteiger partial charge in [-0.3, -0.25) is 14.9 Å². The van der Waals surface area contributed by atoms with Crippen LogP contribution in [0.1, 0.15) is 11.3 Å². The van der Waals surface area contributed by atoms with Gasteiger partial charge in [-0.05, 0) is 30.0 Å². The van der Waals surface area contributed by atoms with E-state index in [2.05, 4.69) is 0 Å². The quantitative estimate of drug-likeness (QED) is 0.421. The minimum Gasteiger partial charge on any atom is -0.477 e. The van der Waals surface area contributed by atoms with Crippen molar-refractivity contribution in [2.24, 2.45) is 5.14 Å². The second-order valence-corrected chi connectivity index (χ2v) is 11.7. The van der Waals surface area contributed by atoms with Crippen LogP contribution in [0.2, 0.25) is 0 Å². The highest BCUT2D eigenvalue weighted by Crippen LogP contribution is 2.30. The summed E-state index contributed by atoms with van der Waals surface area (Å²) < 4.78 is 51.9. The van der Waals surface area contributed by atoms with E-state index in [9.17, 15) is 31.7 Å². The van der Waals surface area contributed by atoms with E-state index in [1.807, 2.05) is 11.4 Å². The van der Waals surface area contributed by atoms with Gasteiger partial charge >= 0.3 is 5.69 Å². The molecule has 1 atom stereocenters. The van der Waals surface area contributed by atoms with Crippen molar-refractivity contribution in [3.8, 4) is 5.75 Å². The molecule has 3 rings (SSSR count). The molecule has 0 bridgehead atoms. The molecule has 168 valence electrons. The maximum absolute atomic E-state index is 12.9. The fourth-order valence-electron chi connectivity index (χ4n) is 3.17. The molecule has 11 nitrogen and oxygen atoms in total. The normalized spacial score (nSPS) is 17.9. The standard InChI is InChI=1S/C17H19N3O8S3/c18-31(26,27)14-3-4-16(15(8-14)20(22)23)28-10-17(21)19(9-13-2-1-6-29-13)12-5-7-30(24,25)11-12/h1-4,6,8,12H,5,7,9-11H2,(H2,18,26,27). The average Bonchev–Trinajstić information content (AvgIpc) is 3.32. The summed E-state index contributed by atoms with van der Waals surface area (Å²) in [5, 5.41) is 18.1. The number of nitro groups is 1. The van der Waals surface area contributed by atoms with Gasteiger partial charge in [-0.15, -0.1) is 11.3 Å². The van der Waals surface area contributed by atoms with Crippen LogP contribution in [0.4, 0.5) is 5.69 Å². The van der Waals surface area contributed by atoms with Crippen molar-refractivity contribution in [2.45, 2.75) is 23.9 Å². The SMILES string of the molecule is NS(=O)(=O)c1ccc(OCC(=O)N(Cc2cccs2)C2CCS(=O)(=O)C2)c([N+](=O)[O-])c1. The number of nitrogens with zero attached hydrogens (tertiary/aromatic N) is 2. The van der Waals surface area contributed by atoms with Gasteiger partial charge in [0.1, 0.15) is 0 Å². The molecule has 31 heavy (non-hydrogen) atoms. The van der Waals surface area contributed by atoms with Gasteiger partial charge in [0.05, 0.1) is 27.9 Å². The lowest BCUT2D eigenvalue weighted by molar-refractivity contribution is -0.386. The molecule has 1 unspecified atom stereocenters. The first-order valence-corrected chi connectivity index (χ1v) is 13.2. The van der Waals surface area contributed by atoms with Crippen LogP contribution in [0.15, 0.2) is 40.6 Å². The molecule has 2 aromatic rings. The first-order valence-electron chi connectivity index (χ1n) is 8.92. The van der Waals surface area contributed by atoms with Crippen LogP contribution in [-0.2, 0) is 31.2 Å². The minimum atomic E-state index is -4.16. The van der Waals surface area contributed by atoms with Crippen molar-refractivity contribution < 1.29 is 31.3 Å². The molecule has 0 spiro atoms. The molecule has 0 radical (unpaired) electrons. The Morgan fingerprint density at radius 1 is 1.35 bits per heavy atom. The van der Waals surface area contributed by atoms with Crippen LogP contribution in [0.25, 0.3) is 0 Å². The second-order valence-electron chi connectivity index (χ2n) is 6.88.